The number of aliphatic hydroxyl groups is 1. The smallest absolute Gasteiger partial charge is 0.258 e. The number of nitrogens with zero attached hydrogens (tertiary/aromatic N) is 2. The maximum absolute atomic E-state index is 13.3. The van der Waals surface area contributed by atoms with E-state index in [1.54, 1.807) is 18.0 Å². The van der Waals surface area contributed by atoms with Gasteiger partial charge in [-0.05, 0) is 36.8 Å². The number of fused-ring (bicyclic) bond motifs is 2. The summed E-state index contributed by atoms with van der Waals surface area (Å²) in [5.41, 5.74) is 2.36. The van der Waals surface area contributed by atoms with Crippen molar-refractivity contribution in [2.75, 3.05) is 12.1 Å². The number of anilines is 1. The first-order chi connectivity index (χ1) is 14.1. The van der Waals surface area contributed by atoms with Crippen LogP contribution in [0.25, 0.3) is 0 Å². The maximum atomic E-state index is 13.3. The average molecular weight is 409 g/mol. The Hall–Kier alpha value is -3.10. The lowest BCUT2D eigenvalue weighted by Gasteiger charge is -2.37. The van der Waals surface area contributed by atoms with Crippen LogP contribution < -0.4 is 14.8 Å². The molecule has 0 fully saturated rings. The molecule has 5 rings (SSSR count). The first-order valence-electron chi connectivity index (χ1n) is 9.29. The van der Waals surface area contributed by atoms with Crippen molar-refractivity contribution >= 4 is 22.9 Å². The van der Waals surface area contributed by atoms with Crippen LogP contribution in [0.4, 0.5) is 5.69 Å². The van der Waals surface area contributed by atoms with Gasteiger partial charge < -0.3 is 24.8 Å². The summed E-state index contributed by atoms with van der Waals surface area (Å²) in [7, 11) is 0. The molecule has 8 heteroatoms. The zero-order valence-corrected chi connectivity index (χ0v) is 16.5. The van der Waals surface area contributed by atoms with Crippen molar-refractivity contribution in [3.05, 3.63) is 69.7 Å². The maximum Gasteiger partial charge on any atom is 0.258 e. The normalized spacial score (nSPS) is 18.3. The highest BCUT2D eigenvalue weighted by atomic mass is 32.1. The van der Waals surface area contributed by atoms with E-state index in [2.05, 4.69) is 10.3 Å². The molecule has 1 aromatic heterocycles. The molecule has 2 N–H and O–H groups in total. The Morgan fingerprint density at radius 3 is 2.93 bits per heavy atom. The Morgan fingerprint density at radius 1 is 1.28 bits per heavy atom. The van der Waals surface area contributed by atoms with Crippen molar-refractivity contribution in [3.63, 3.8) is 0 Å². The number of benzene rings is 2. The predicted molar refractivity (Wildman–Crippen MR) is 108 cm³/mol. The number of hydrogen-bond donors (Lipinski definition) is 2. The first-order valence-corrected chi connectivity index (χ1v) is 10.1. The molecule has 2 aliphatic heterocycles. The molecule has 0 radical (unpaired) electrons. The summed E-state index contributed by atoms with van der Waals surface area (Å²) in [5, 5.41) is 13.9. The number of carbonyl (C=O) groups excluding carboxylic acids is 1. The lowest BCUT2D eigenvalue weighted by atomic mass is 10.1. The van der Waals surface area contributed by atoms with Gasteiger partial charge in [-0.25, -0.2) is 4.98 Å². The van der Waals surface area contributed by atoms with Crippen LogP contribution in [0.3, 0.4) is 0 Å². The van der Waals surface area contributed by atoms with Gasteiger partial charge >= 0.3 is 0 Å². The molecular formula is C21H19N3O4S. The van der Waals surface area contributed by atoms with Crippen molar-refractivity contribution in [3.8, 4) is 11.5 Å². The molecule has 2 aliphatic rings. The summed E-state index contributed by atoms with van der Waals surface area (Å²) >= 11 is 1.40. The molecule has 0 spiro atoms. The number of hydrogen-bond acceptors (Lipinski definition) is 7. The third-order valence-corrected chi connectivity index (χ3v) is 6.20. The van der Waals surface area contributed by atoms with Gasteiger partial charge in [0.2, 0.25) is 6.79 Å². The molecule has 0 aliphatic carbocycles. The number of thiazole rings is 1. The molecule has 2 unspecified atom stereocenters. The van der Waals surface area contributed by atoms with Crippen LogP contribution in [0.2, 0.25) is 0 Å². The summed E-state index contributed by atoms with van der Waals surface area (Å²) in [6, 6.07) is 13.2. The number of aromatic nitrogens is 1. The molecule has 0 saturated heterocycles. The summed E-state index contributed by atoms with van der Waals surface area (Å²) in [5.74, 6) is 1.34. The molecule has 2 aromatic carbocycles. The highest BCUT2D eigenvalue weighted by molar-refractivity contribution is 7.11. The number of aliphatic hydroxyl groups excluding tert-OH is 1. The Balaban J connectivity index is 1.52. The van der Waals surface area contributed by atoms with Gasteiger partial charge in [0.1, 0.15) is 17.3 Å². The molecule has 2 atom stereocenters. The predicted octanol–water partition coefficient (Wildman–Crippen LogP) is 3.69. The third kappa shape index (κ3) is 3.20. The van der Waals surface area contributed by atoms with Crippen molar-refractivity contribution < 1.29 is 19.4 Å². The number of ether oxygens (including phenoxy) is 2. The van der Waals surface area contributed by atoms with Crippen LogP contribution in [0.1, 0.15) is 45.0 Å². The lowest BCUT2D eigenvalue weighted by molar-refractivity contribution is 0.0669. The van der Waals surface area contributed by atoms with Crippen molar-refractivity contribution in [2.45, 2.75) is 25.7 Å². The molecule has 7 nitrogen and oxygen atoms in total. The van der Waals surface area contributed by atoms with Gasteiger partial charge in [0.25, 0.3) is 5.91 Å². The van der Waals surface area contributed by atoms with E-state index < -0.39 is 6.10 Å². The number of nitrogens with one attached hydrogen (secondary N) is 1. The minimum atomic E-state index is -0.650. The number of rotatable bonds is 4. The second-order valence-electron chi connectivity index (χ2n) is 6.99. The van der Waals surface area contributed by atoms with Crippen molar-refractivity contribution in [2.24, 2.45) is 0 Å². The van der Waals surface area contributed by atoms with Crippen LogP contribution in [-0.2, 0) is 6.54 Å². The molecule has 0 saturated carbocycles. The minimum Gasteiger partial charge on any atom is -0.454 e. The van der Waals surface area contributed by atoms with Crippen molar-refractivity contribution in [1.82, 2.24) is 9.88 Å². The first kappa shape index (κ1) is 18.0. The highest BCUT2D eigenvalue weighted by Gasteiger charge is 2.34. The van der Waals surface area contributed by atoms with E-state index in [4.69, 9.17) is 9.47 Å². The molecular weight excluding hydrogens is 390 g/mol. The summed E-state index contributed by atoms with van der Waals surface area (Å²) in [6.45, 7) is 2.28. The lowest BCUT2D eigenvalue weighted by Crippen LogP contribution is -2.42. The van der Waals surface area contributed by atoms with E-state index in [1.807, 2.05) is 42.5 Å². The second kappa shape index (κ2) is 7.06. The number of carbonyl (C=O) groups is 1. The zero-order chi connectivity index (χ0) is 20.0. The largest absolute Gasteiger partial charge is 0.454 e. The monoisotopic (exact) mass is 409 g/mol. The zero-order valence-electron chi connectivity index (χ0n) is 15.7. The summed E-state index contributed by atoms with van der Waals surface area (Å²) in [6.07, 6.45) is 0.689. The SMILES string of the molecule is CC(O)c1ncc(C2Nc3ccccc3C(=O)N2Cc2ccc3c(c2)OCO3)s1. The van der Waals surface area contributed by atoms with E-state index in [0.717, 1.165) is 16.1 Å². The molecule has 1 amide bonds. The summed E-state index contributed by atoms with van der Waals surface area (Å²) in [4.78, 5) is 20.3. The van der Waals surface area contributed by atoms with Crippen molar-refractivity contribution in [1.29, 1.82) is 0 Å². The molecule has 3 heterocycles. The molecule has 29 heavy (non-hydrogen) atoms. The van der Waals surface area contributed by atoms with Gasteiger partial charge in [0.05, 0.1) is 10.4 Å². The Kier molecular flexibility index (Phi) is 4.37. The highest BCUT2D eigenvalue weighted by Crippen LogP contribution is 2.38. The Labute approximate surface area is 171 Å². The fourth-order valence-corrected chi connectivity index (χ4v) is 4.46. The van der Waals surface area contributed by atoms with Gasteiger partial charge in [-0.15, -0.1) is 11.3 Å². The molecule has 148 valence electrons. The number of para-hydroxylation sites is 1. The topological polar surface area (TPSA) is 83.9 Å². The van der Waals surface area contributed by atoms with Crippen LogP contribution in [-0.4, -0.2) is 27.7 Å². The van der Waals surface area contributed by atoms with E-state index in [0.29, 0.717) is 28.6 Å². The van der Waals surface area contributed by atoms with Gasteiger partial charge in [0.15, 0.2) is 11.5 Å². The quantitative estimate of drug-likeness (QED) is 0.684. The van der Waals surface area contributed by atoms with E-state index in [1.165, 1.54) is 11.3 Å². The van der Waals surface area contributed by atoms with Gasteiger partial charge in [-0.3, -0.25) is 4.79 Å². The van der Waals surface area contributed by atoms with E-state index >= 15 is 0 Å². The summed E-state index contributed by atoms with van der Waals surface area (Å²) < 4.78 is 10.9. The third-order valence-electron chi connectivity index (χ3n) is 4.98. The fraction of sp³-hybridized carbons (Fsp3) is 0.238. The second-order valence-corrected chi connectivity index (χ2v) is 8.08. The van der Waals surface area contributed by atoms with Crippen LogP contribution >= 0.6 is 11.3 Å². The molecule has 3 aromatic rings. The van der Waals surface area contributed by atoms with Gasteiger partial charge in [-0.2, -0.15) is 0 Å². The average Bonchev–Trinajstić information content (AvgIpc) is 3.39. The van der Waals surface area contributed by atoms with E-state index in [9.17, 15) is 9.90 Å². The minimum absolute atomic E-state index is 0.0611. The molecule has 0 bridgehead atoms. The fourth-order valence-electron chi connectivity index (χ4n) is 3.54. The Morgan fingerprint density at radius 2 is 2.10 bits per heavy atom. The number of amides is 1. The van der Waals surface area contributed by atoms with Crippen LogP contribution in [0.5, 0.6) is 11.5 Å². The van der Waals surface area contributed by atoms with Gasteiger partial charge in [0, 0.05) is 18.4 Å². The van der Waals surface area contributed by atoms with Gasteiger partial charge in [-0.1, -0.05) is 18.2 Å². The Bertz CT molecular complexity index is 1080. The van der Waals surface area contributed by atoms with Crippen LogP contribution in [0, 0.1) is 0 Å². The van der Waals surface area contributed by atoms with Crippen LogP contribution in [0.15, 0.2) is 48.7 Å². The van der Waals surface area contributed by atoms with E-state index in [-0.39, 0.29) is 18.9 Å². The standard InChI is InChI=1S/C21H19N3O4S/c1-12(25)20-22-9-18(29-20)19-23-15-5-3-2-4-14(15)21(26)24(19)10-13-6-7-16-17(8-13)28-11-27-16/h2-9,12,19,23,25H,10-11H2,1H3.